The van der Waals surface area contributed by atoms with Gasteiger partial charge in [-0.3, -0.25) is 0 Å². The molecular weight excluding hydrogens is 304 g/mol. The number of likely N-dealkylation sites (tertiary alicyclic amines) is 1. The lowest BCUT2D eigenvalue weighted by molar-refractivity contribution is -0.0288. The molecule has 0 aliphatic carbocycles. The molecule has 2 atom stereocenters. The van der Waals surface area contributed by atoms with Crippen molar-refractivity contribution in [2.24, 2.45) is 0 Å². The Morgan fingerprint density at radius 2 is 2.08 bits per heavy atom. The van der Waals surface area contributed by atoms with Gasteiger partial charge in [0.05, 0.1) is 13.2 Å². The summed E-state index contributed by atoms with van der Waals surface area (Å²) in [5, 5.41) is 13.0. The second-order valence-electron chi connectivity index (χ2n) is 7.37. The summed E-state index contributed by atoms with van der Waals surface area (Å²) in [4.78, 5) is 2.34. The Bertz CT molecular complexity index is 551. The minimum Gasteiger partial charge on any atom is -0.487 e. The van der Waals surface area contributed by atoms with Crippen molar-refractivity contribution in [3.63, 3.8) is 0 Å². The minimum atomic E-state index is -0.0720. The second-order valence-corrected chi connectivity index (χ2v) is 7.37. The van der Waals surface area contributed by atoms with E-state index in [1.165, 1.54) is 5.56 Å². The number of aliphatic hydroxyl groups is 1. The Morgan fingerprint density at radius 3 is 2.83 bits per heavy atom. The van der Waals surface area contributed by atoms with Gasteiger partial charge in [-0.05, 0) is 25.3 Å². The van der Waals surface area contributed by atoms with E-state index < -0.39 is 0 Å². The monoisotopic (exact) mass is 332 g/mol. The fraction of sp³-hybridized carbons (Fsp3) is 0.684. The molecular formula is C19H28N2O3. The van der Waals surface area contributed by atoms with Gasteiger partial charge in [0.25, 0.3) is 0 Å². The zero-order chi connectivity index (χ0) is 16.4. The molecule has 1 aromatic carbocycles. The van der Waals surface area contributed by atoms with Crippen molar-refractivity contribution < 1.29 is 14.6 Å². The molecule has 5 nitrogen and oxygen atoms in total. The average Bonchev–Trinajstić information content (AvgIpc) is 3.10. The minimum absolute atomic E-state index is 0.0720. The fourth-order valence-corrected chi connectivity index (χ4v) is 4.35. The number of hydrogen-bond donors (Lipinski definition) is 2. The molecule has 0 amide bonds. The number of rotatable bonds is 4. The van der Waals surface area contributed by atoms with Crippen LogP contribution in [0.25, 0.3) is 0 Å². The van der Waals surface area contributed by atoms with Crippen LogP contribution in [0.3, 0.4) is 0 Å². The fourth-order valence-electron chi connectivity index (χ4n) is 4.35. The predicted octanol–water partition coefficient (Wildman–Crippen LogP) is 1.72. The van der Waals surface area contributed by atoms with E-state index in [0.717, 1.165) is 64.3 Å². The maximum absolute atomic E-state index is 9.16. The van der Waals surface area contributed by atoms with Crippen molar-refractivity contribution in [1.29, 1.82) is 0 Å². The number of piperidine rings is 1. The van der Waals surface area contributed by atoms with Gasteiger partial charge in [-0.25, -0.2) is 0 Å². The number of β-amino-alcohol motifs (C(OH)–C–C–N with tert-alkyl or cyclic N) is 1. The summed E-state index contributed by atoms with van der Waals surface area (Å²) in [5.41, 5.74) is 1.21. The van der Waals surface area contributed by atoms with Gasteiger partial charge >= 0.3 is 0 Å². The van der Waals surface area contributed by atoms with E-state index in [9.17, 15) is 0 Å². The van der Waals surface area contributed by atoms with Crippen LogP contribution in [-0.4, -0.2) is 61.1 Å². The number of nitrogens with zero attached hydrogens (tertiary/aromatic N) is 1. The van der Waals surface area contributed by atoms with E-state index in [1.54, 1.807) is 0 Å². The van der Waals surface area contributed by atoms with Gasteiger partial charge in [0, 0.05) is 50.3 Å². The molecule has 3 aliphatic rings. The van der Waals surface area contributed by atoms with Gasteiger partial charge in [-0.15, -0.1) is 0 Å². The molecule has 2 fully saturated rings. The highest BCUT2D eigenvalue weighted by molar-refractivity contribution is 5.39. The van der Waals surface area contributed by atoms with Crippen LogP contribution in [0.5, 0.6) is 5.75 Å². The molecule has 0 unspecified atom stereocenters. The standard InChI is InChI=1S/C19H28N2O3/c22-11-10-21-8-6-19(7-9-21)13-17(20-15-5-12-23-14-15)16-3-1-2-4-18(16)24-19/h1-4,15,17,20,22H,5-14H2/t15-,17+/m0/s1. The second kappa shape index (κ2) is 7.00. The third-order valence-corrected chi connectivity index (χ3v) is 5.75. The van der Waals surface area contributed by atoms with Crippen LogP contribution < -0.4 is 10.1 Å². The SMILES string of the molecule is OCCN1CCC2(CC1)C[C@@H](N[C@H]1CCOC1)c1ccccc1O2. The lowest BCUT2D eigenvalue weighted by atomic mass is 9.80. The number of hydrogen-bond acceptors (Lipinski definition) is 5. The lowest BCUT2D eigenvalue weighted by Crippen LogP contribution is -2.53. The van der Waals surface area contributed by atoms with Crippen LogP contribution in [0, 0.1) is 0 Å². The Morgan fingerprint density at radius 1 is 1.25 bits per heavy atom. The maximum Gasteiger partial charge on any atom is 0.124 e. The summed E-state index contributed by atoms with van der Waals surface area (Å²) in [6.45, 7) is 4.70. The van der Waals surface area contributed by atoms with Crippen molar-refractivity contribution in [1.82, 2.24) is 10.2 Å². The molecule has 0 radical (unpaired) electrons. The number of para-hydroxylation sites is 1. The van der Waals surface area contributed by atoms with Crippen LogP contribution in [-0.2, 0) is 4.74 Å². The van der Waals surface area contributed by atoms with Gasteiger partial charge in [0.1, 0.15) is 11.4 Å². The number of benzene rings is 1. The summed E-state index contributed by atoms with van der Waals surface area (Å²) >= 11 is 0. The van der Waals surface area contributed by atoms with Crippen molar-refractivity contribution in [2.45, 2.75) is 43.4 Å². The Hall–Kier alpha value is -1.14. The van der Waals surface area contributed by atoms with Crippen molar-refractivity contribution >= 4 is 0 Å². The molecule has 132 valence electrons. The molecule has 1 aromatic rings. The molecule has 3 heterocycles. The average molecular weight is 332 g/mol. The zero-order valence-electron chi connectivity index (χ0n) is 14.2. The molecule has 3 aliphatic heterocycles. The third-order valence-electron chi connectivity index (χ3n) is 5.75. The molecule has 0 saturated carbocycles. The van der Waals surface area contributed by atoms with Gasteiger partial charge in [-0.2, -0.15) is 0 Å². The summed E-state index contributed by atoms with van der Waals surface area (Å²) in [7, 11) is 0. The Balaban J connectivity index is 1.52. The Labute approximate surface area is 143 Å². The van der Waals surface area contributed by atoms with Gasteiger partial charge in [0.2, 0.25) is 0 Å². The quantitative estimate of drug-likeness (QED) is 0.879. The number of fused-ring (bicyclic) bond motifs is 1. The highest BCUT2D eigenvalue weighted by atomic mass is 16.5. The van der Waals surface area contributed by atoms with E-state index >= 15 is 0 Å². The molecule has 0 bridgehead atoms. The first-order chi connectivity index (χ1) is 11.8. The molecule has 1 spiro atoms. The Kier molecular flexibility index (Phi) is 4.77. The summed E-state index contributed by atoms with van der Waals surface area (Å²) in [5.74, 6) is 1.04. The molecule has 2 saturated heterocycles. The molecule has 2 N–H and O–H groups in total. The summed E-state index contributed by atoms with van der Waals surface area (Å²) in [6.07, 6.45) is 4.17. The van der Waals surface area contributed by atoms with Crippen LogP contribution in [0.2, 0.25) is 0 Å². The van der Waals surface area contributed by atoms with E-state index in [0.29, 0.717) is 12.1 Å². The van der Waals surface area contributed by atoms with Crippen LogP contribution in [0.4, 0.5) is 0 Å². The molecule has 0 aromatic heterocycles. The van der Waals surface area contributed by atoms with E-state index in [4.69, 9.17) is 14.6 Å². The highest BCUT2D eigenvalue weighted by Gasteiger charge is 2.43. The van der Waals surface area contributed by atoms with E-state index in [-0.39, 0.29) is 12.2 Å². The number of nitrogens with one attached hydrogen (secondary N) is 1. The first-order valence-electron chi connectivity index (χ1n) is 9.23. The smallest absolute Gasteiger partial charge is 0.124 e. The number of aliphatic hydroxyl groups excluding tert-OH is 1. The van der Waals surface area contributed by atoms with Gasteiger partial charge < -0.3 is 24.8 Å². The molecule has 24 heavy (non-hydrogen) atoms. The first-order valence-corrected chi connectivity index (χ1v) is 9.23. The first kappa shape index (κ1) is 16.3. The summed E-state index contributed by atoms with van der Waals surface area (Å²) in [6, 6.07) is 9.25. The maximum atomic E-state index is 9.16. The largest absolute Gasteiger partial charge is 0.487 e. The van der Waals surface area contributed by atoms with Crippen LogP contribution in [0.1, 0.15) is 37.3 Å². The molecule has 5 heteroatoms. The normalized spacial score (nSPS) is 29.4. The van der Waals surface area contributed by atoms with E-state index in [2.05, 4.69) is 34.5 Å². The molecule has 4 rings (SSSR count). The van der Waals surface area contributed by atoms with Gasteiger partial charge in [-0.1, -0.05) is 18.2 Å². The zero-order valence-corrected chi connectivity index (χ0v) is 14.2. The highest BCUT2D eigenvalue weighted by Crippen LogP contribution is 2.44. The van der Waals surface area contributed by atoms with Crippen molar-refractivity contribution in [3.8, 4) is 5.75 Å². The van der Waals surface area contributed by atoms with Crippen LogP contribution >= 0.6 is 0 Å². The number of ether oxygens (including phenoxy) is 2. The van der Waals surface area contributed by atoms with Crippen molar-refractivity contribution in [2.75, 3.05) is 39.5 Å². The van der Waals surface area contributed by atoms with Crippen LogP contribution in [0.15, 0.2) is 24.3 Å². The third kappa shape index (κ3) is 3.31. The topological polar surface area (TPSA) is 54.0 Å². The predicted molar refractivity (Wildman–Crippen MR) is 92.3 cm³/mol. The van der Waals surface area contributed by atoms with Gasteiger partial charge in [0.15, 0.2) is 0 Å². The lowest BCUT2D eigenvalue weighted by Gasteiger charge is -2.47. The summed E-state index contributed by atoms with van der Waals surface area (Å²) < 4.78 is 12.1. The van der Waals surface area contributed by atoms with E-state index in [1.807, 2.05) is 0 Å². The van der Waals surface area contributed by atoms with Crippen molar-refractivity contribution in [3.05, 3.63) is 29.8 Å².